The van der Waals surface area contributed by atoms with Gasteiger partial charge in [0.1, 0.15) is 9.79 Å². The zero-order chi connectivity index (χ0) is 32.5. The van der Waals surface area contributed by atoms with Crippen LogP contribution in [0.3, 0.4) is 0 Å². The zero-order valence-corrected chi connectivity index (χ0v) is 26.5. The molecule has 0 unspecified atom stereocenters. The van der Waals surface area contributed by atoms with Gasteiger partial charge >= 0.3 is 0 Å². The van der Waals surface area contributed by atoms with Crippen LogP contribution in [0.1, 0.15) is 59.7 Å². The van der Waals surface area contributed by atoms with Crippen molar-refractivity contribution in [3.63, 3.8) is 0 Å². The van der Waals surface area contributed by atoms with Gasteiger partial charge in [0, 0.05) is 22.5 Å². The number of rotatable bonds is 6. The lowest BCUT2D eigenvalue weighted by Crippen LogP contribution is -2.24. The maximum atomic E-state index is 14.0. The van der Waals surface area contributed by atoms with Gasteiger partial charge in [0.05, 0.1) is 27.5 Å². The average molecular weight is 655 g/mol. The highest BCUT2D eigenvalue weighted by atomic mass is 35.5. The Kier molecular flexibility index (Phi) is 7.71. The van der Waals surface area contributed by atoms with Crippen molar-refractivity contribution in [2.24, 2.45) is 0 Å². The van der Waals surface area contributed by atoms with Crippen LogP contribution in [0.5, 0.6) is 0 Å². The van der Waals surface area contributed by atoms with Crippen molar-refractivity contribution in [1.29, 1.82) is 0 Å². The highest BCUT2D eigenvalue weighted by molar-refractivity contribution is 7.86. The molecule has 0 spiro atoms. The van der Waals surface area contributed by atoms with Crippen LogP contribution < -0.4 is 10.6 Å². The number of hydrogen-bond donors (Lipinski definition) is 4. The molecular formula is C31H27ClN2O8S2. The summed E-state index contributed by atoms with van der Waals surface area (Å²) in [5.74, 6) is -0.946. The lowest BCUT2D eigenvalue weighted by Gasteiger charge is -2.26. The Morgan fingerprint density at radius 2 is 1.02 bits per heavy atom. The first-order valence-corrected chi connectivity index (χ1v) is 16.4. The number of carbonyl (C=O) groups excluding carboxylic acids is 2. The molecule has 0 radical (unpaired) electrons. The molecule has 4 aromatic rings. The monoisotopic (exact) mass is 654 g/mol. The predicted molar refractivity (Wildman–Crippen MR) is 168 cm³/mol. The van der Waals surface area contributed by atoms with E-state index in [9.17, 15) is 35.5 Å². The van der Waals surface area contributed by atoms with Crippen LogP contribution in [-0.2, 0) is 20.2 Å². The van der Waals surface area contributed by atoms with Crippen molar-refractivity contribution in [2.75, 3.05) is 10.6 Å². The molecule has 5 rings (SSSR count). The van der Waals surface area contributed by atoms with Crippen LogP contribution in [-0.4, -0.2) is 37.5 Å². The van der Waals surface area contributed by atoms with Crippen molar-refractivity contribution in [1.82, 2.24) is 0 Å². The summed E-state index contributed by atoms with van der Waals surface area (Å²) in [4.78, 5) is 27.2. The second-order valence-corrected chi connectivity index (χ2v) is 13.8. The fraction of sp³-hybridized carbons (Fsp3) is 0.161. The summed E-state index contributed by atoms with van der Waals surface area (Å²) in [5.41, 5.74) is 3.13. The molecule has 0 atom stereocenters. The molecule has 13 heteroatoms. The van der Waals surface area contributed by atoms with E-state index in [4.69, 9.17) is 11.6 Å². The molecule has 4 N–H and O–H groups in total. The number of ketones is 2. The lowest BCUT2D eigenvalue weighted by atomic mass is 9.82. The van der Waals surface area contributed by atoms with Crippen molar-refractivity contribution >= 4 is 66.2 Å². The predicted octanol–water partition coefficient (Wildman–Crippen LogP) is 6.64. The van der Waals surface area contributed by atoms with Crippen LogP contribution in [0.25, 0.3) is 0 Å². The average Bonchev–Trinajstić information content (AvgIpc) is 2.90. The summed E-state index contributed by atoms with van der Waals surface area (Å²) in [6.07, 6.45) is 0. The number of carbonyl (C=O) groups is 2. The summed E-state index contributed by atoms with van der Waals surface area (Å²) in [5, 5.41) is 6.05. The molecule has 0 heterocycles. The van der Waals surface area contributed by atoms with E-state index in [1.807, 2.05) is 0 Å². The maximum Gasteiger partial charge on any atom is 0.296 e. The molecular weight excluding hydrogens is 628 g/mol. The van der Waals surface area contributed by atoms with Crippen LogP contribution in [0.15, 0.2) is 58.3 Å². The van der Waals surface area contributed by atoms with E-state index in [1.165, 1.54) is 44.2 Å². The van der Waals surface area contributed by atoms with Crippen LogP contribution >= 0.6 is 11.6 Å². The number of benzene rings is 4. The second-order valence-electron chi connectivity index (χ2n) is 10.7. The first-order chi connectivity index (χ1) is 20.4. The molecule has 0 bridgehead atoms. The largest absolute Gasteiger partial charge is 0.354 e. The topological polar surface area (TPSA) is 167 Å². The number of anilines is 4. The summed E-state index contributed by atoms with van der Waals surface area (Å²) < 4.78 is 68.3. The molecule has 0 aromatic heterocycles. The summed E-state index contributed by atoms with van der Waals surface area (Å²) in [6, 6.07) is 12.3. The number of hydrogen-bond acceptors (Lipinski definition) is 8. The molecule has 4 aromatic carbocycles. The SMILES string of the molecule is Cc1cc(C)c(S(=O)(=O)O)c(C)c1Nc1ccc(Nc2c(C)cc(Cl)c(S(=O)(=O)O)c2C)c2c1C(=O)c1ccccc1C2=O. The quantitative estimate of drug-likeness (QED) is 0.146. The number of halogens is 1. The van der Waals surface area contributed by atoms with E-state index in [1.54, 1.807) is 39.0 Å². The summed E-state index contributed by atoms with van der Waals surface area (Å²) in [7, 11) is -9.28. The third kappa shape index (κ3) is 5.18. The normalized spacial score (nSPS) is 13.0. The van der Waals surface area contributed by atoms with Gasteiger partial charge in [0.2, 0.25) is 0 Å². The minimum Gasteiger partial charge on any atom is -0.354 e. The Labute approximate surface area is 259 Å². The van der Waals surface area contributed by atoms with Crippen molar-refractivity contribution in [3.8, 4) is 0 Å². The first-order valence-electron chi connectivity index (χ1n) is 13.2. The number of fused-ring (bicyclic) bond motifs is 2. The van der Waals surface area contributed by atoms with Gasteiger partial charge in [-0.15, -0.1) is 0 Å². The van der Waals surface area contributed by atoms with Gasteiger partial charge in [-0.05, 0) is 80.6 Å². The van der Waals surface area contributed by atoms with Gasteiger partial charge in [-0.25, -0.2) is 0 Å². The number of aryl methyl sites for hydroxylation is 3. The van der Waals surface area contributed by atoms with Crippen LogP contribution in [0.4, 0.5) is 22.7 Å². The Balaban J connectivity index is 1.76. The smallest absolute Gasteiger partial charge is 0.296 e. The molecule has 0 amide bonds. The molecule has 0 saturated heterocycles. The van der Waals surface area contributed by atoms with E-state index < -0.39 is 36.7 Å². The molecule has 1 aliphatic carbocycles. The standard InChI is InChI=1S/C31H27ClN2O8S2/c1-14-12-16(3)30(43(37,38)39)17(4)26(14)33-22-10-11-23(25-24(22)28(35)19-8-6-7-9-20(19)29(25)36)34-27-15(2)13-21(32)31(18(27)5)44(40,41)42/h6-13,33-34H,1-5H3,(H,37,38,39)(H,40,41,42). The Hall–Kier alpha value is -4.07. The second kappa shape index (κ2) is 10.8. The maximum absolute atomic E-state index is 14.0. The van der Waals surface area contributed by atoms with Crippen molar-refractivity contribution in [3.05, 3.63) is 104 Å². The van der Waals surface area contributed by atoms with Gasteiger partial charge in [0.25, 0.3) is 20.2 Å². The third-order valence-electron chi connectivity index (χ3n) is 7.68. The first kappa shape index (κ1) is 31.4. The molecule has 0 saturated carbocycles. The number of nitrogens with one attached hydrogen (secondary N) is 2. The molecule has 10 nitrogen and oxygen atoms in total. The van der Waals surface area contributed by atoms with E-state index in [2.05, 4.69) is 10.6 Å². The zero-order valence-electron chi connectivity index (χ0n) is 24.2. The van der Waals surface area contributed by atoms with E-state index in [0.29, 0.717) is 22.4 Å². The van der Waals surface area contributed by atoms with Crippen LogP contribution in [0, 0.1) is 34.6 Å². The third-order valence-corrected chi connectivity index (χ3v) is 10.3. The molecule has 0 aliphatic heterocycles. The lowest BCUT2D eigenvalue weighted by molar-refractivity contribution is 0.0980. The van der Waals surface area contributed by atoms with Crippen molar-refractivity contribution < 1.29 is 35.5 Å². The Bertz CT molecular complexity index is 2020. The summed E-state index contributed by atoms with van der Waals surface area (Å²) >= 11 is 6.15. The van der Waals surface area contributed by atoms with Crippen LogP contribution in [0.2, 0.25) is 5.02 Å². The van der Waals surface area contributed by atoms with Gasteiger partial charge < -0.3 is 10.6 Å². The van der Waals surface area contributed by atoms with Gasteiger partial charge in [0.15, 0.2) is 11.6 Å². The highest BCUT2D eigenvalue weighted by Gasteiger charge is 2.35. The molecule has 1 aliphatic rings. The van der Waals surface area contributed by atoms with Crippen molar-refractivity contribution in [2.45, 2.75) is 44.4 Å². The highest BCUT2D eigenvalue weighted by Crippen LogP contribution is 2.42. The fourth-order valence-corrected chi connectivity index (χ4v) is 8.23. The van der Waals surface area contributed by atoms with E-state index in [0.717, 1.165) is 0 Å². The minimum atomic E-state index is -4.70. The Morgan fingerprint density at radius 3 is 1.45 bits per heavy atom. The van der Waals surface area contributed by atoms with E-state index >= 15 is 0 Å². The summed E-state index contributed by atoms with van der Waals surface area (Å²) in [6.45, 7) is 7.93. The minimum absolute atomic E-state index is 0.00160. The molecule has 0 fully saturated rings. The van der Waals surface area contributed by atoms with E-state index in [-0.39, 0.29) is 60.4 Å². The fourth-order valence-electron chi connectivity index (χ4n) is 5.88. The van der Waals surface area contributed by atoms with Gasteiger partial charge in [-0.2, -0.15) is 16.8 Å². The molecule has 44 heavy (non-hydrogen) atoms. The Morgan fingerprint density at radius 1 is 0.614 bits per heavy atom. The van der Waals surface area contributed by atoms with Gasteiger partial charge in [-0.3, -0.25) is 18.7 Å². The van der Waals surface area contributed by atoms with Gasteiger partial charge in [-0.1, -0.05) is 41.9 Å². The molecule has 228 valence electrons.